The topological polar surface area (TPSA) is 59.3 Å². The van der Waals surface area contributed by atoms with Crippen LogP contribution in [0.15, 0.2) is 42.5 Å². The Morgan fingerprint density at radius 3 is 2.29 bits per heavy atom. The highest BCUT2D eigenvalue weighted by Crippen LogP contribution is 2.60. The second kappa shape index (κ2) is 6.87. The average Bonchev–Trinajstić information content (AvgIpc) is 2.48. The lowest BCUT2D eigenvalue weighted by molar-refractivity contribution is 0.216. The molecular formula is C16H18NO3P. The summed E-state index contributed by atoms with van der Waals surface area (Å²) in [6.45, 7) is 3.95. The van der Waals surface area contributed by atoms with Crippen molar-refractivity contribution in [3.8, 4) is 6.07 Å². The van der Waals surface area contributed by atoms with Crippen molar-refractivity contribution >= 4 is 18.4 Å². The Kier molecular flexibility index (Phi) is 5.14. The van der Waals surface area contributed by atoms with E-state index in [0.717, 1.165) is 10.8 Å². The molecule has 0 aliphatic rings. The van der Waals surface area contributed by atoms with Crippen molar-refractivity contribution in [1.82, 2.24) is 0 Å². The van der Waals surface area contributed by atoms with E-state index in [1.807, 2.05) is 36.4 Å². The molecule has 1 unspecified atom stereocenters. The molecule has 2 rings (SSSR count). The van der Waals surface area contributed by atoms with Gasteiger partial charge in [0.2, 0.25) is 0 Å². The van der Waals surface area contributed by atoms with Gasteiger partial charge in [-0.15, -0.1) is 0 Å². The summed E-state index contributed by atoms with van der Waals surface area (Å²) in [6, 6.07) is 15.5. The number of fused-ring (bicyclic) bond motifs is 1. The van der Waals surface area contributed by atoms with Crippen LogP contribution in [0.1, 0.15) is 25.1 Å². The van der Waals surface area contributed by atoms with Gasteiger partial charge in [0.25, 0.3) is 0 Å². The van der Waals surface area contributed by atoms with E-state index in [1.165, 1.54) is 0 Å². The molecule has 0 aliphatic carbocycles. The molecule has 2 aromatic rings. The van der Waals surface area contributed by atoms with Crippen LogP contribution < -0.4 is 0 Å². The molecule has 0 aliphatic heterocycles. The maximum Gasteiger partial charge on any atom is 0.352 e. The fourth-order valence-corrected chi connectivity index (χ4v) is 4.01. The molecular weight excluding hydrogens is 285 g/mol. The van der Waals surface area contributed by atoms with Gasteiger partial charge in [0.1, 0.15) is 0 Å². The standard InChI is InChI=1S/C16H18NO3P/c1-3-19-21(18,20-4-2)16(12-17)15-10-9-13-7-5-6-8-14(13)11-15/h5-11,16H,3-4H2,1-2H3. The summed E-state index contributed by atoms with van der Waals surface area (Å²) in [7, 11) is -3.49. The van der Waals surface area contributed by atoms with Gasteiger partial charge in [-0.25, -0.2) is 0 Å². The summed E-state index contributed by atoms with van der Waals surface area (Å²) < 4.78 is 23.4. The van der Waals surface area contributed by atoms with E-state index in [4.69, 9.17) is 9.05 Å². The average molecular weight is 303 g/mol. The van der Waals surface area contributed by atoms with Crippen LogP contribution >= 0.6 is 7.60 Å². The highest BCUT2D eigenvalue weighted by atomic mass is 31.2. The first-order valence-electron chi connectivity index (χ1n) is 6.91. The van der Waals surface area contributed by atoms with Gasteiger partial charge < -0.3 is 9.05 Å². The quantitative estimate of drug-likeness (QED) is 0.727. The minimum absolute atomic E-state index is 0.239. The molecule has 1 atom stereocenters. The molecule has 110 valence electrons. The van der Waals surface area contributed by atoms with Gasteiger partial charge in [-0.3, -0.25) is 4.57 Å². The molecule has 2 aromatic carbocycles. The lowest BCUT2D eigenvalue weighted by Gasteiger charge is -2.21. The van der Waals surface area contributed by atoms with E-state index < -0.39 is 13.3 Å². The molecule has 0 N–H and O–H groups in total. The Morgan fingerprint density at radius 1 is 1.10 bits per heavy atom. The van der Waals surface area contributed by atoms with Gasteiger partial charge in [0.05, 0.1) is 19.3 Å². The number of benzene rings is 2. The van der Waals surface area contributed by atoms with Gasteiger partial charge in [-0.05, 0) is 36.2 Å². The Hall–Kier alpha value is -1.66. The monoisotopic (exact) mass is 303 g/mol. The van der Waals surface area contributed by atoms with E-state index in [-0.39, 0.29) is 13.2 Å². The van der Waals surface area contributed by atoms with E-state index in [2.05, 4.69) is 6.07 Å². The fourth-order valence-electron chi connectivity index (χ4n) is 2.25. The molecule has 0 saturated carbocycles. The van der Waals surface area contributed by atoms with E-state index in [0.29, 0.717) is 5.56 Å². The van der Waals surface area contributed by atoms with Crippen LogP contribution in [0.3, 0.4) is 0 Å². The minimum Gasteiger partial charge on any atom is -0.308 e. The van der Waals surface area contributed by atoms with Crippen molar-refractivity contribution in [1.29, 1.82) is 5.26 Å². The summed E-state index contributed by atoms with van der Waals surface area (Å²) in [5, 5.41) is 11.5. The first kappa shape index (κ1) is 15.7. The van der Waals surface area contributed by atoms with Gasteiger partial charge >= 0.3 is 7.60 Å². The van der Waals surface area contributed by atoms with Crippen LogP contribution in [0.2, 0.25) is 0 Å². The number of nitrogens with zero attached hydrogens (tertiary/aromatic N) is 1. The molecule has 0 heterocycles. The number of rotatable bonds is 6. The third kappa shape index (κ3) is 3.33. The molecule has 0 spiro atoms. The summed E-state index contributed by atoms with van der Waals surface area (Å²) in [5.74, 6) is 0. The number of hydrogen-bond acceptors (Lipinski definition) is 4. The number of hydrogen-bond donors (Lipinski definition) is 0. The molecule has 0 amide bonds. The molecule has 0 bridgehead atoms. The molecule has 0 saturated heterocycles. The zero-order valence-electron chi connectivity index (χ0n) is 12.2. The van der Waals surface area contributed by atoms with Crippen molar-refractivity contribution in [3.63, 3.8) is 0 Å². The third-order valence-corrected chi connectivity index (χ3v) is 5.43. The predicted octanol–water partition coefficient (Wildman–Crippen LogP) is 4.67. The molecule has 0 fully saturated rings. The Balaban J connectivity index is 2.47. The van der Waals surface area contributed by atoms with Gasteiger partial charge in [-0.2, -0.15) is 5.26 Å². The highest BCUT2D eigenvalue weighted by Gasteiger charge is 2.37. The van der Waals surface area contributed by atoms with Crippen LogP contribution in [0, 0.1) is 11.3 Å². The van der Waals surface area contributed by atoms with E-state index in [9.17, 15) is 9.83 Å². The molecule has 0 radical (unpaired) electrons. The molecule has 4 nitrogen and oxygen atoms in total. The van der Waals surface area contributed by atoms with E-state index in [1.54, 1.807) is 19.9 Å². The van der Waals surface area contributed by atoms with Crippen molar-refractivity contribution in [3.05, 3.63) is 48.0 Å². The van der Waals surface area contributed by atoms with Gasteiger partial charge in [0.15, 0.2) is 5.66 Å². The lowest BCUT2D eigenvalue weighted by atomic mass is 10.1. The molecule has 0 aromatic heterocycles. The van der Waals surface area contributed by atoms with Crippen LogP contribution in [-0.2, 0) is 13.6 Å². The zero-order chi connectivity index (χ0) is 15.3. The summed E-state index contributed by atoms with van der Waals surface area (Å²) in [6.07, 6.45) is 0. The summed E-state index contributed by atoms with van der Waals surface area (Å²) >= 11 is 0. The maximum absolute atomic E-state index is 12.8. The second-order valence-electron chi connectivity index (χ2n) is 4.51. The van der Waals surface area contributed by atoms with Crippen molar-refractivity contribution < 1.29 is 13.6 Å². The lowest BCUT2D eigenvalue weighted by Crippen LogP contribution is -2.05. The van der Waals surface area contributed by atoms with Crippen molar-refractivity contribution in [2.75, 3.05) is 13.2 Å². The Labute approximate surface area is 124 Å². The Bertz CT molecular complexity index is 698. The first-order chi connectivity index (χ1) is 10.1. The highest BCUT2D eigenvalue weighted by molar-refractivity contribution is 7.54. The van der Waals surface area contributed by atoms with E-state index >= 15 is 0 Å². The normalized spacial score (nSPS) is 13.0. The Morgan fingerprint density at radius 2 is 1.71 bits per heavy atom. The zero-order valence-corrected chi connectivity index (χ0v) is 13.0. The van der Waals surface area contributed by atoms with Crippen molar-refractivity contribution in [2.45, 2.75) is 19.5 Å². The molecule has 21 heavy (non-hydrogen) atoms. The summed E-state index contributed by atoms with van der Waals surface area (Å²) in [5.41, 5.74) is -0.261. The van der Waals surface area contributed by atoms with Crippen LogP contribution in [-0.4, -0.2) is 13.2 Å². The fraction of sp³-hybridized carbons (Fsp3) is 0.312. The number of nitriles is 1. The first-order valence-corrected chi connectivity index (χ1v) is 8.53. The van der Waals surface area contributed by atoms with Crippen LogP contribution in [0.5, 0.6) is 0 Å². The minimum atomic E-state index is -3.49. The van der Waals surface area contributed by atoms with Gasteiger partial charge in [-0.1, -0.05) is 36.4 Å². The van der Waals surface area contributed by atoms with Crippen LogP contribution in [0.25, 0.3) is 10.8 Å². The SMILES string of the molecule is CCOP(=O)(OCC)C(C#N)c1ccc2ccccc2c1. The van der Waals surface area contributed by atoms with Gasteiger partial charge in [0, 0.05) is 0 Å². The van der Waals surface area contributed by atoms with Crippen LogP contribution in [0.4, 0.5) is 0 Å². The maximum atomic E-state index is 12.8. The predicted molar refractivity (Wildman–Crippen MR) is 83.2 cm³/mol. The van der Waals surface area contributed by atoms with Crippen molar-refractivity contribution in [2.24, 2.45) is 0 Å². The third-order valence-electron chi connectivity index (χ3n) is 3.15. The second-order valence-corrected chi connectivity index (χ2v) is 6.63. The molecule has 5 heteroatoms. The summed E-state index contributed by atoms with van der Waals surface area (Å²) in [4.78, 5) is 0. The smallest absolute Gasteiger partial charge is 0.308 e. The largest absolute Gasteiger partial charge is 0.352 e.